The van der Waals surface area contributed by atoms with Crippen molar-refractivity contribution < 1.29 is 9.52 Å². The van der Waals surface area contributed by atoms with E-state index in [-0.39, 0.29) is 6.10 Å². The highest BCUT2D eigenvalue weighted by molar-refractivity contribution is 5.88. The summed E-state index contributed by atoms with van der Waals surface area (Å²) in [7, 11) is 2.16. The van der Waals surface area contributed by atoms with E-state index in [9.17, 15) is 5.11 Å². The molecule has 2 N–H and O–H groups in total. The quantitative estimate of drug-likeness (QED) is 0.363. The molecule has 0 radical (unpaired) electrons. The van der Waals surface area contributed by atoms with Gasteiger partial charge in [-0.15, -0.1) is 0 Å². The van der Waals surface area contributed by atoms with Crippen LogP contribution >= 0.6 is 0 Å². The smallest absolute Gasteiger partial charge is 0.224 e. The van der Waals surface area contributed by atoms with Gasteiger partial charge in [0.15, 0.2) is 5.82 Å². The lowest BCUT2D eigenvalue weighted by molar-refractivity contribution is 0.140. The average molecular weight is 457 g/mol. The molecule has 3 heterocycles. The summed E-state index contributed by atoms with van der Waals surface area (Å²) >= 11 is 0. The van der Waals surface area contributed by atoms with Crippen LogP contribution in [0.5, 0.6) is 0 Å². The Morgan fingerprint density at radius 1 is 1.24 bits per heavy atom. The van der Waals surface area contributed by atoms with E-state index in [1.807, 2.05) is 19.1 Å². The molecule has 0 spiro atoms. The Hall–Kier alpha value is -2.29. The number of hydrogen-bond acceptors (Lipinski definition) is 8. The number of anilines is 1. The minimum Gasteiger partial charge on any atom is -0.460 e. The van der Waals surface area contributed by atoms with Crippen molar-refractivity contribution in [3.8, 4) is 11.3 Å². The Kier molecular flexibility index (Phi) is 9.84. The molecule has 2 aromatic rings. The van der Waals surface area contributed by atoms with Crippen LogP contribution in [0.4, 0.5) is 11.8 Å². The van der Waals surface area contributed by atoms with Gasteiger partial charge in [0.25, 0.3) is 0 Å². The summed E-state index contributed by atoms with van der Waals surface area (Å²) in [6, 6.07) is 4.04. The lowest BCUT2D eigenvalue weighted by Crippen LogP contribution is -2.43. The maximum Gasteiger partial charge on any atom is 0.224 e. The molecule has 0 saturated carbocycles. The monoisotopic (exact) mass is 456 g/mol. The third-order valence-corrected chi connectivity index (χ3v) is 6.01. The molecular weight excluding hydrogens is 416 g/mol. The molecule has 3 rings (SSSR count). The largest absolute Gasteiger partial charge is 0.460 e. The number of likely N-dealkylation sites (N-methyl/N-ethyl adjacent to an activating group) is 1. The van der Waals surface area contributed by atoms with E-state index in [2.05, 4.69) is 41.0 Å². The molecular formula is C25H40N6O2. The highest BCUT2D eigenvalue weighted by atomic mass is 16.3. The van der Waals surface area contributed by atoms with E-state index in [0.29, 0.717) is 18.2 Å². The second-order valence-corrected chi connectivity index (χ2v) is 8.98. The number of aliphatic hydroxyl groups is 1. The second kappa shape index (κ2) is 12.8. The molecule has 1 saturated heterocycles. The number of aliphatic imine (C=N–C) groups is 1. The Morgan fingerprint density at radius 2 is 2.03 bits per heavy atom. The molecule has 0 bridgehead atoms. The van der Waals surface area contributed by atoms with Gasteiger partial charge in [-0.25, -0.2) is 9.98 Å². The highest BCUT2D eigenvalue weighted by Gasteiger charge is 2.18. The number of aliphatic hydroxyl groups excluding tert-OH is 1. The number of unbranched alkanes of at least 4 members (excludes halogenated alkanes) is 1. The Labute approximate surface area is 198 Å². The normalized spacial score (nSPS) is 16.8. The number of aromatic nitrogens is 2. The van der Waals surface area contributed by atoms with Gasteiger partial charge in [-0.2, -0.15) is 4.98 Å². The van der Waals surface area contributed by atoms with Crippen LogP contribution in [0.3, 0.4) is 0 Å². The van der Waals surface area contributed by atoms with Gasteiger partial charge in [0.2, 0.25) is 5.95 Å². The molecule has 0 aliphatic carbocycles. The molecule has 1 fully saturated rings. The van der Waals surface area contributed by atoms with Gasteiger partial charge in [0, 0.05) is 44.6 Å². The molecule has 33 heavy (non-hydrogen) atoms. The number of nitrogens with zero attached hydrogens (tertiary/aromatic N) is 5. The van der Waals surface area contributed by atoms with Crippen LogP contribution in [-0.2, 0) is 6.54 Å². The van der Waals surface area contributed by atoms with Crippen LogP contribution in [0.2, 0.25) is 0 Å². The van der Waals surface area contributed by atoms with Crippen LogP contribution in [0.15, 0.2) is 27.7 Å². The average Bonchev–Trinajstić information content (AvgIpc) is 3.26. The minimum absolute atomic E-state index is 0.347. The number of nitrogens with one attached hydrogen (secondary N) is 1. The summed E-state index contributed by atoms with van der Waals surface area (Å²) in [6.45, 7) is 12.0. The van der Waals surface area contributed by atoms with Crippen molar-refractivity contribution in [2.24, 2.45) is 4.99 Å². The van der Waals surface area contributed by atoms with Gasteiger partial charge >= 0.3 is 0 Å². The van der Waals surface area contributed by atoms with Crippen molar-refractivity contribution in [2.75, 3.05) is 45.1 Å². The van der Waals surface area contributed by atoms with Gasteiger partial charge in [-0.1, -0.05) is 20.3 Å². The fourth-order valence-corrected chi connectivity index (χ4v) is 3.77. The standard InChI is InChI=1S/C25H40N6O2/c1-5-7-12-26-25-27-17-22(24(29-25)28-20(6-2)9-8-19(3)32)23-11-10-21(33-23)18-31-15-13-30(4)14-16-31/h10-11,17,19,32H,5-9,12-16,18H2,1-4H3,(H,26,27,29)/t19-/m0/s1. The van der Waals surface area contributed by atoms with Crippen LogP contribution in [-0.4, -0.2) is 76.5 Å². The van der Waals surface area contributed by atoms with Crippen molar-refractivity contribution in [2.45, 2.75) is 65.5 Å². The summed E-state index contributed by atoms with van der Waals surface area (Å²) < 4.78 is 6.23. The second-order valence-electron chi connectivity index (χ2n) is 8.98. The molecule has 0 amide bonds. The first-order chi connectivity index (χ1) is 16.0. The summed E-state index contributed by atoms with van der Waals surface area (Å²) in [5, 5.41) is 13.0. The predicted molar refractivity (Wildman–Crippen MR) is 134 cm³/mol. The zero-order valence-electron chi connectivity index (χ0n) is 20.7. The number of rotatable bonds is 12. The van der Waals surface area contributed by atoms with Crippen LogP contribution in [0.1, 0.15) is 58.6 Å². The Morgan fingerprint density at radius 3 is 2.73 bits per heavy atom. The van der Waals surface area contributed by atoms with Crippen LogP contribution in [0, 0.1) is 0 Å². The van der Waals surface area contributed by atoms with Crippen molar-refractivity contribution in [1.82, 2.24) is 19.8 Å². The summed E-state index contributed by atoms with van der Waals surface area (Å²) in [4.78, 5) is 18.9. The minimum atomic E-state index is -0.347. The van der Waals surface area contributed by atoms with Gasteiger partial charge in [-0.3, -0.25) is 4.90 Å². The zero-order valence-corrected chi connectivity index (χ0v) is 20.7. The number of piperazine rings is 1. The topological polar surface area (TPSA) is 90.0 Å². The SMILES string of the molecule is CCCCNc1ncc(-c2ccc(CN3CCN(C)CC3)o2)c(N=C(CC)CC[C@H](C)O)n1. The number of hydrogen-bond donors (Lipinski definition) is 2. The maximum absolute atomic E-state index is 9.70. The highest BCUT2D eigenvalue weighted by Crippen LogP contribution is 2.31. The lowest BCUT2D eigenvalue weighted by Gasteiger charge is -2.31. The van der Waals surface area contributed by atoms with Crippen molar-refractivity contribution in [1.29, 1.82) is 0 Å². The van der Waals surface area contributed by atoms with E-state index < -0.39 is 0 Å². The molecule has 2 aromatic heterocycles. The van der Waals surface area contributed by atoms with Gasteiger partial charge in [-0.05, 0) is 51.8 Å². The molecule has 8 nitrogen and oxygen atoms in total. The molecule has 182 valence electrons. The van der Waals surface area contributed by atoms with E-state index in [1.165, 1.54) is 0 Å². The number of furan rings is 1. The Bertz CT molecular complexity index is 887. The van der Waals surface area contributed by atoms with E-state index in [1.54, 1.807) is 6.20 Å². The summed E-state index contributed by atoms with van der Waals surface area (Å²) in [5.41, 5.74) is 1.81. The fraction of sp³-hybridized carbons (Fsp3) is 0.640. The molecule has 1 atom stereocenters. The van der Waals surface area contributed by atoms with Gasteiger partial charge < -0.3 is 19.7 Å². The Balaban J connectivity index is 1.83. The first kappa shape index (κ1) is 25.3. The summed E-state index contributed by atoms with van der Waals surface area (Å²) in [5.74, 6) is 2.89. The van der Waals surface area contributed by atoms with Crippen molar-refractivity contribution in [3.05, 3.63) is 24.1 Å². The molecule has 0 aromatic carbocycles. The zero-order chi connectivity index (χ0) is 23.6. The van der Waals surface area contributed by atoms with Crippen molar-refractivity contribution >= 4 is 17.5 Å². The third-order valence-electron chi connectivity index (χ3n) is 6.01. The molecule has 1 aliphatic heterocycles. The lowest BCUT2D eigenvalue weighted by atomic mass is 10.1. The van der Waals surface area contributed by atoms with E-state index in [4.69, 9.17) is 14.4 Å². The first-order valence-corrected chi connectivity index (χ1v) is 12.3. The van der Waals surface area contributed by atoms with Crippen LogP contribution < -0.4 is 5.32 Å². The fourth-order valence-electron chi connectivity index (χ4n) is 3.77. The van der Waals surface area contributed by atoms with Gasteiger partial charge in [0.05, 0.1) is 18.2 Å². The predicted octanol–water partition coefficient (Wildman–Crippen LogP) is 4.34. The molecule has 8 heteroatoms. The van der Waals surface area contributed by atoms with Gasteiger partial charge in [0.1, 0.15) is 11.5 Å². The van der Waals surface area contributed by atoms with E-state index >= 15 is 0 Å². The third kappa shape index (κ3) is 7.91. The van der Waals surface area contributed by atoms with Crippen molar-refractivity contribution in [3.63, 3.8) is 0 Å². The maximum atomic E-state index is 9.70. The van der Waals surface area contributed by atoms with E-state index in [0.717, 1.165) is 87.7 Å². The molecule has 0 unspecified atom stereocenters. The molecule has 1 aliphatic rings. The van der Waals surface area contributed by atoms with Crippen LogP contribution in [0.25, 0.3) is 11.3 Å². The first-order valence-electron chi connectivity index (χ1n) is 12.3. The summed E-state index contributed by atoms with van der Waals surface area (Å²) in [6.07, 6.45) is 5.86.